The molecule has 2 unspecified atom stereocenters. The number of halogens is 2. The maximum absolute atomic E-state index is 13.6. The lowest BCUT2D eigenvalue weighted by Gasteiger charge is -2.16. The summed E-state index contributed by atoms with van der Waals surface area (Å²) < 4.78 is 13.6. The van der Waals surface area contributed by atoms with Crippen LogP contribution >= 0.6 is 11.6 Å². The van der Waals surface area contributed by atoms with E-state index < -0.39 is 12.0 Å². The van der Waals surface area contributed by atoms with Crippen LogP contribution in [0.2, 0.25) is 5.02 Å². The zero-order valence-corrected chi connectivity index (χ0v) is 13.6. The Kier molecular flexibility index (Phi) is 6.13. The Morgan fingerprint density at radius 3 is 2.57 bits per heavy atom. The smallest absolute Gasteiger partial charge is 0.223 e. The molecule has 1 amide bonds. The predicted octanol–water partition coefficient (Wildman–Crippen LogP) is 3.51. The van der Waals surface area contributed by atoms with Crippen LogP contribution in [0, 0.1) is 11.7 Å². The van der Waals surface area contributed by atoms with Crippen LogP contribution in [0.15, 0.2) is 48.5 Å². The van der Waals surface area contributed by atoms with E-state index in [-0.39, 0.29) is 18.3 Å². The van der Waals surface area contributed by atoms with Gasteiger partial charge in [0.2, 0.25) is 5.91 Å². The highest BCUT2D eigenvalue weighted by atomic mass is 35.5. The third-order valence-electron chi connectivity index (χ3n) is 3.67. The molecular weight excluding hydrogens is 317 g/mol. The van der Waals surface area contributed by atoms with Crippen LogP contribution < -0.4 is 5.32 Å². The number of aliphatic hydroxyl groups excluding tert-OH is 1. The highest BCUT2D eigenvalue weighted by molar-refractivity contribution is 6.31. The molecule has 0 saturated carbocycles. The van der Waals surface area contributed by atoms with Crippen LogP contribution in [-0.2, 0) is 11.2 Å². The molecule has 0 saturated heterocycles. The van der Waals surface area contributed by atoms with Gasteiger partial charge in [-0.15, -0.1) is 0 Å². The molecule has 2 aromatic rings. The molecule has 2 rings (SSSR count). The lowest BCUT2D eigenvalue weighted by molar-refractivity contribution is -0.124. The molecule has 0 aromatic heterocycles. The highest BCUT2D eigenvalue weighted by Crippen LogP contribution is 2.22. The molecule has 2 aromatic carbocycles. The lowest BCUT2D eigenvalue weighted by atomic mass is 10.00. The maximum atomic E-state index is 13.6. The van der Waals surface area contributed by atoms with Gasteiger partial charge in [-0.1, -0.05) is 54.9 Å². The topological polar surface area (TPSA) is 49.3 Å². The van der Waals surface area contributed by atoms with E-state index in [2.05, 4.69) is 5.32 Å². The Balaban J connectivity index is 1.89. The molecule has 23 heavy (non-hydrogen) atoms. The average Bonchev–Trinajstić information content (AvgIpc) is 2.54. The van der Waals surface area contributed by atoms with Crippen molar-refractivity contribution in [2.75, 3.05) is 6.54 Å². The quantitative estimate of drug-likeness (QED) is 0.848. The third-order valence-corrected chi connectivity index (χ3v) is 4.01. The molecule has 5 heteroatoms. The van der Waals surface area contributed by atoms with Gasteiger partial charge in [0.25, 0.3) is 0 Å². The van der Waals surface area contributed by atoms with Gasteiger partial charge >= 0.3 is 0 Å². The second kappa shape index (κ2) is 8.09. The average molecular weight is 336 g/mol. The second-order valence-electron chi connectivity index (χ2n) is 5.48. The second-order valence-corrected chi connectivity index (χ2v) is 5.89. The largest absolute Gasteiger partial charge is 0.387 e. The van der Waals surface area contributed by atoms with E-state index in [0.29, 0.717) is 22.6 Å². The van der Waals surface area contributed by atoms with Crippen molar-refractivity contribution in [3.8, 4) is 0 Å². The summed E-state index contributed by atoms with van der Waals surface area (Å²) in [4.78, 5) is 12.1. The Morgan fingerprint density at radius 1 is 1.22 bits per heavy atom. The minimum Gasteiger partial charge on any atom is -0.387 e. The van der Waals surface area contributed by atoms with Gasteiger partial charge in [-0.25, -0.2) is 4.39 Å². The Morgan fingerprint density at radius 2 is 1.87 bits per heavy atom. The van der Waals surface area contributed by atoms with E-state index in [1.165, 1.54) is 6.07 Å². The van der Waals surface area contributed by atoms with Gasteiger partial charge in [0, 0.05) is 23.0 Å². The Labute approximate surface area is 140 Å². The molecular formula is C18H19ClFNO2. The van der Waals surface area contributed by atoms with Gasteiger partial charge in [-0.3, -0.25) is 4.79 Å². The molecule has 2 N–H and O–H groups in total. The Hall–Kier alpha value is -1.91. The number of benzene rings is 2. The standard InChI is InChI=1S/C18H19ClFNO2/c1-12(10-13-6-2-5-9-16(13)20)18(23)21-11-17(22)14-7-3-4-8-15(14)19/h2-9,12,17,22H,10-11H2,1H3,(H,21,23). The highest BCUT2D eigenvalue weighted by Gasteiger charge is 2.17. The first-order chi connectivity index (χ1) is 11.0. The van der Waals surface area contributed by atoms with Crippen molar-refractivity contribution in [1.29, 1.82) is 0 Å². The first-order valence-electron chi connectivity index (χ1n) is 7.42. The van der Waals surface area contributed by atoms with E-state index in [1.807, 2.05) is 0 Å². The summed E-state index contributed by atoms with van der Waals surface area (Å²) in [5, 5.41) is 13.2. The molecule has 0 heterocycles. The number of aliphatic hydroxyl groups is 1. The number of hydrogen-bond donors (Lipinski definition) is 2. The predicted molar refractivity (Wildman–Crippen MR) is 88.7 cm³/mol. The van der Waals surface area contributed by atoms with Gasteiger partial charge in [-0.2, -0.15) is 0 Å². The molecule has 3 nitrogen and oxygen atoms in total. The van der Waals surface area contributed by atoms with Crippen molar-refractivity contribution in [2.24, 2.45) is 5.92 Å². The fraction of sp³-hybridized carbons (Fsp3) is 0.278. The SMILES string of the molecule is CC(Cc1ccccc1F)C(=O)NCC(O)c1ccccc1Cl. The summed E-state index contributed by atoms with van der Waals surface area (Å²) >= 11 is 6.01. The molecule has 122 valence electrons. The van der Waals surface area contributed by atoms with Crippen molar-refractivity contribution >= 4 is 17.5 Å². The van der Waals surface area contributed by atoms with E-state index in [1.54, 1.807) is 49.4 Å². The van der Waals surface area contributed by atoms with Crippen LogP contribution in [0.4, 0.5) is 4.39 Å². The third kappa shape index (κ3) is 4.78. The van der Waals surface area contributed by atoms with Crippen molar-refractivity contribution in [3.05, 3.63) is 70.5 Å². The number of rotatable bonds is 6. The van der Waals surface area contributed by atoms with E-state index in [0.717, 1.165) is 0 Å². The Bertz CT molecular complexity index is 678. The number of carbonyl (C=O) groups excluding carboxylic acids is 1. The van der Waals surface area contributed by atoms with Crippen LogP contribution in [0.3, 0.4) is 0 Å². The minimum atomic E-state index is -0.881. The summed E-state index contributed by atoms with van der Waals surface area (Å²) in [5.74, 6) is -0.951. The van der Waals surface area contributed by atoms with Gasteiger partial charge in [0.05, 0.1) is 6.10 Å². The number of hydrogen-bond acceptors (Lipinski definition) is 2. The number of nitrogens with one attached hydrogen (secondary N) is 1. The number of carbonyl (C=O) groups is 1. The molecule has 0 spiro atoms. The van der Waals surface area contributed by atoms with Crippen molar-refractivity contribution < 1.29 is 14.3 Å². The molecule has 0 fully saturated rings. The monoisotopic (exact) mass is 335 g/mol. The fourth-order valence-electron chi connectivity index (χ4n) is 2.31. The summed E-state index contributed by atoms with van der Waals surface area (Å²) in [5.41, 5.74) is 1.07. The van der Waals surface area contributed by atoms with Crippen LogP contribution in [0.5, 0.6) is 0 Å². The first-order valence-corrected chi connectivity index (χ1v) is 7.80. The zero-order valence-electron chi connectivity index (χ0n) is 12.8. The van der Waals surface area contributed by atoms with Crippen molar-refractivity contribution in [1.82, 2.24) is 5.32 Å². The van der Waals surface area contributed by atoms with Crippen molar-refractivity contribution in [3.63, 3.8) is 0 Å². The van der Waals surface area contributed by atoms with Crippen LogP contribution in [0.1, 0.15) is 24.2 Å². The molecule has 0 radical (unpaired) electrons. The molecule has 0 bridgehead atoms. The first kappa shape index (κ1) is 17.4. The molecule has 0 aliphatic rings. The van der Waals surface area contributed by atoms with Crippen molar-refractivity contribution in [2.45, 2.75) is 19.4 Å². The van der Waals surface area contributed by atoms with E-state index >= 15 is 0 Å². The molecule has 0 aliphatic heterocycles. The fourth-order valence-corrected chi connectivity index (χ4v) is 2.57. The van der Waals surface area contributed by atoms with E-state index in [9.17, 15) is 14.3 Å². The van der Waals surface area contributed by atoms with Gasteiger partial charge in [0.1, 0.15) is 5.82 Å². The minimum absolute atomic E-state index is 0.0597. The summed E-state index contributed by atoms with van der Waals surface area (Å²) in [6, 6.07) is 13.3. The van der Waals surface area contributed by atoms with E-state index in [4.69, 9.17) is 11.6 Å². The van der Waals surface area contributed by atoms with Crippen LogP contribution in [-0.4, -0.2) is 17.6 Å². The van der Waals surface area contributed by atoms with Gasteiger partial charge in [0.15, 0.2) is 0 Å². The maximum Gasteiger partial charge on any atom is 0.223 e. The summed E-state index contributed by atoms with van der Waals surface area (Å²) in [7, 11) is 0. The lowest BCUT2D eigenvalue weighted by Crippen LogP contribution is -2.33. The zero-order chi connectivity index (χ0) is 16.8. The molecule has 2 atom stereocenters. The normalized spacial score (nSPS) is 13.4. The number of amides is 1. The molecule has 0 aliphatic carbocycles. The summed E-state index contributed by atoms with van der Waals surface area (Å²) in [6.45, 7) is 1.79. The van der Waals surface area contributed by atoms with Gasteiger partial charge < -0.3 is 10.4 Å². The van der Waals surface area contributed by atoms with Crippen LogP contribution in [0.25, 0.3) is 0 Å². The van der Waals surface area contributed by atoms with Gasteiger partial charge in [-0.05, 0) is 24.1 Å². The summed E-state index contributed by atoms with van der Waals surface area (Å²) in [6.07, 6.45) is -0.575.